The van der Waals surface area contributed by atoms with Gasteiger partial charge in [0.1, 0.15) is 42.7 Å². The molecular formula is C17H32O10S2. The Bertz CT molecular complexity index is 471. The summed E-state index contributed by atoms with van der Waals surface area (Å²) in [5.41, 5.74) is 0. The van der Waals surface area contributed by atoms with E-state index in [9.17, 15) is 30.6 Å². The second kappa shape index (κ2) is 12.4. The molecule has 2 heterocycles. The van der Waals surface area contributed by atoms with Gasteiger partial charge in [0, 0.05) is 12.4 Å². The Labute approximate surface area is 180 Å². The molecule has 0 bridgehead atoms. The van der Waals surface area contributed by atoms with E-state index in [1.165, 1.54) is 0 Å². The molecule has 10 nitrogen and oxygen atoms in total. The van der Waals surface area contributed by atoms with Gasteiger partial charge in [0.2, 0.25) is 0 Å². The Morgan fingerprint density at radius 3 is 2.00 bits per heavy atom. The molecule has 0 aromatic heterocycles. The van der Waals surface area contributed by atoms with Crippen LogP contribution in [-0.4, -0.2) is 117 Å². The van der Waals surface area contributed by atoms with Crippen molar-refractivity contribution in [3.63, 3.8) is 0 Å². The minimum atomic E-state index is -1.62. The molecule has 2 aliphatic heterocycles. The Kier molecular flexibility index (Phi) is 10.9. The van der Waals surface area contributed by atoms with Crippen molar-refractivity contribution in [2.75, 3.05) is 24.7 Å². The average Bonchev–Trinajstić information content (AvgIpc) is 2.72. The quantitative estimate of drug-likeness (QED) is 0.131. The molecule has 0 spiro atoms. The summed E-state index contributed by atoms with van der Waals surface area (Å²) < 4.78 is 22.0. The average molecular weight is 461 g/mol. The summed E-state index contributed by atoms with van der Waals surface area (Å²) in [4.78, 5) is 0. The normalized spacial score (nSPS) is 43.4. The number of ether oxygens (including phenoxy) is 4. The van der Waals surface area contributed by atoms with Crippen LogP contribution in [0.15, 0.2) is 0 Å². The van der Waals surface area contributed by atoms with E-state index in [0.717, 1.165) is 25.0 Å². The number of aliphatic hydroxyl groups is 6. The van der Waals surface area contributed by atoms with Gasteiger partial charge in [0.15, 0.2) is 12.6 Å². The van der Waals surface area contributed by atoms with Crippen LogP contribution in [0, 0.1) is 0 Å². The van der Waals surface area contributed by atoms with Crippen LogP contribution in [0.3, 0.4) is 0 Å². The highest BCUT2D eigenvalue weighted by molar-refractivity contribution is 7.80. The first-order valence-corrected chi connectivity index (χ1v) is 10.9. The standard InChI is InChI=1S/C17H32O10S2/c18-6-8-15(27-17-13(22)11(20)10(19)9(7-29)26-17)12(21)14(23)16(25-8)24-4-2-1-3-5-28/h8-23,28-29H,1-7H2/t8?,9?,10-,11?,12?,13?,14?,15-,16-,17-/m0/s1. The molecule has 6 unspecified atom stereocenters. The molecule has 0 aliphatic carbocycles. The number of hydrogen-bond donors (Lipinski definition) is 8. The van der Waals surface area contributed by atoms with Crippen molar-refractivity contribution in [1.82, 2.24) is 0 Å². The number of aliphatic hydroxyl groups excluding tert-OH is 6. The van der Waals surface area contributed by atoms with Crippen molar-refractivity contribution >= 4 is 25.3 Å². The lowest BCUT2D eigenvalue weighted by atomic mass is 9.97. The van der Waals surface area contributed by atoms with Crippen molar-refractivity contribution in [2.24, 2.45) is 0 Å². The zero-order chi connectivity index (χ0) is 21.6. The van der Waals surface area contributed by atoms with Gasteiger partial charge in [-0.3, -0.25) is 0 Å². The van der Waals surface area contributed by atoms with Gasteiger partial charge in [-0.1, -0.05) is 6.42 Å². The zero-order valence-electron chi connectivity index (χ0n) is 15.9. The lowest BCUT2D eigenvalue weighted by Gasteiger charge is -2.46. The molecule has 172 valence electrons. The molecule has 2 fully saturated rings. The Morgan fingerprint density at radius 2 is 1.38 bits per heavy atom. The van der Waals surface area contributed by atoms with Crippen LogP contribution in [0.2, 0.25) is 0 Å². The van der Waals surface area contributed by atoms with Crippen LogP contribution in [0.25, 0.3) is 0 Å². The van der Waals surface area contributed by atoms with Gasteiger partial charge in [-0.15, -0.1) is 0 Å². The fourth-order valence-electron chi connectivity index (χ4n) is 3.28. The molecule has 29 heavy (non-hydrogen) atoms. The van der Waals surface area contributed by atoms with Crippen LogP contribution in [0.1, 0.15) is 19.3 Å². The summed E-state index contributed by atoms with van der Waals surface area (Å²) in [7, 11) is 0. The third-order valence-corrected chi connectivity index (χ3v) is 5.72. The second-order valence-electron chi connectivity index (χ2n) is 7.16. The minimum Gasteiger partial charge on any atom is -0.394 e. The molecule has 0 amide bonds. The van der Waals surface area contributed by atoms with E-state index in [2.05, 4.69) is 25.3 Å². The summed E-state index contributed by atoms with van der Waals surface area (Å²) in [6.45, 7) is -0.262. The summed E-state index contributed by atoms with van der Waals surface area (Å²) in [6.07, 6.45) is -10.9. The molecule has 0 aromatic rings. The van der Waals surface area contributed by atoms with E-state index < -0.39 is 68.0 Å². The van der Waals surface area contributed by atoms with E-state index in [-0.39, 0.29) is 5.75 Å². The Balaban J connectivity index is 1.98. The summed E-state index contributed by atoms with van der Waals surface area (Å²) >= 11 is 8.15. The monoisotopic (exact) mass is 460 g/mol. The predicted octanol–water partition coefficient (Wildman–Crippen LogP) is -2.34. The largest absolute Gasteiger partial charge is 0.394 e. The first-order valence-electron chi connectivity index (χ1n) is 9.66. The maximum atomic E-state index is 10.5. The highest BCUT2D eigenvalue weighted by atomic mass is 32.1. The molecule has 0 aromatic carbocycles. The zero-order valence-corrected chi connectivity index (χ0v) is 17.7. The van der Waals surface area contributed by atoms with Crippen LogP contribution in [0.5, 0.6) is 0 Å². The highest BCUT2D eigenvalue weighted by Gasteiger charge is 2.50. The summed E-state index contributed by atoms with van der Waals surface area (Å²) in [5, 5.41) is 60.5. The fourth-order valence-corrected chi connectivity index (χ4v) is 3.81. The van der Waals surface area contributed by atoms with E-state index in [0.29, 0.717) is 6.61 Å². The number of hydrogen-bond acceptors (Lipinski definition) is 12. The van der Waals surface area contributed by atoms with Gasteiger partial charge in [-0.2, -0.15) is 25.3 Å². The molecule has 2 aliphatic rings. The highest BCUT2D eigenvalue weighted by Crippen LogP contribution is 2.29. The predicted molar refractivity (Wildman–Crippen MR) is 107 cm³/mol. The maximum Gasteiger partial charge on any atom is 0.187 e. The van der Waals surface area contributed by atoms with Crippen molar-refractivity contribution < 1.29 is 49.6 Å². The van der Waals surface area contributed by atoms with Gasteiger partial charge in [-0.25, -0.2) is 0 Å². The minimum absolute atomic E-state index is 0.0454. The van der Waals surface area contributed by atoms with Gasteiger partial charge in [-0.05, 0) is 18.6 Å². The van der Waals surface area contributed by atoms with Crippen molar-refractivity contribution in [2.45, 2.75) is 80.7 Å². The van der Waals surface area contributed by atoms with Gasteiger partial charge < -0.3 is 49.6 Å². The van der Waals surface area contributed by atoms with E-state index >= 15 is 0 Å². The van der Waals surface area contributed by atoms with E-state index in [1.807, 2.05) is 0 Å². The molecule has 0 radical (unpaired) electrons. The number of unbranched alkanes of at least 4 members (excludes halogenated alkanes) is 2. The van der Waals surface area contributed by atoms with Gasteiger partial charge in [0.25, 0.3) is 0 Å². The SMILES string of the molecule is OCC1O[C@H](OCCCCCS)C(O)C(O)[C@H]1O[C@@H]1OC(CS)[C@H](O)C(O)C1O. The van der Waals surface area contributed by atoms with E-state index in [4.69, 9.17) is 18.9 Å². The van der Waals surface area contributed by atoms with Crippen LogP contribution in [-0.2, 0) is 18.9 Å². The molecule has 0 saturated carbocycles. The van der Waals surface area contributed by atoms with Crippen molar-refractivity contribution in [1.29, 1.82) is 0 Å². The molecule has 12 heteroatoms. The van der Waals surface area contributed by atoms with Crippen LogP contribution >= 0.6 is 25.3 Å². The lowest BCUT2D eigenvalue weighted by molar-refractivity contribution is -0.356. The molecule has 6 N–H and O–H groups in total. The topological polar surface area (TPSA) is 158 Å². The second-order valence-corrected chi connectivity index (χ2v) is 7.97. The van der Waals surface area contributed by atoms with Gasteiger partial charge >= 0.3 is 0 Å². The first kappa shape index (κ1) is 25.6. The van der Waals surface area contributed by atoms with Gasteiger partial charge in [0.05, 0.1) is 12.7 Å². The lowest BCUT2D eigenvalue weighted by Crippen LogP contribution is -2.64. The first-order chi connectivity index (χ1) is 13.8. The van der Waals surface area contributed by atoms with Crippen molar-refractivity contribution in [3.05, 3.63) is 0 Å². The fraction of sp³-hybridized carbons (Fsp3) is 1.00. The molecular weight excluding hydrogens is 428 g/mol. The summed E-state index contributed by atoms with van der Waals surface area (Å²) in [6, 6.07) is 0. The van der Waals surface area contributed by atoms with Crippen molar-refractivity contribution in [3.8, 4) is 0 Å². The Hall–Kier alpha value is 0.300. The third kappa shape index (κ3) is 6.40. The van der Waals surface area contributed by atoms with E-state index in [1.54, 1.807) is 0 Å². The Morgan fingerprint density at radius 1 is 0.724 bits per heavy atom. The van der Waals surface area contributed by atoms with Crippen LogP contribution < -0.4 is 0 Å². The van der Waals surface area contributed by atoms with Crippen LogP contribution in [0.4, 0.5) is 0 Å². The number of rotatable bonds is 10. The maximum absolute atomic E-state index is 10.5. The summed E-state index contributed by atoms with van der Waals surface area (Å²) in [5.74, 6) is 0.811. The molecule has 2 rings (SSSR count). The third-order valence-electron chi connectivity index (χ3n) is 5.04. The number of thiol groups is 2. The smallest absolute Gasteiger partial charge is 0.187 e. The molecule has 10 atom stereocenters. The molecule has 2 saturated heterocycles.